The third-order valence-corrected chi connectivity index (χ3v) is 5.72. The Morgan fingerprint density at radius 3 is 2.60 bits per heavy atom. The lowest BCUT2D eigenvalue weighted by Crippen LogP contribution is -2.32. The minimum absolute atomic E-state index is 0.00565. The zero-order chi connectivity index (χ0) is 21.1. The van der Waals surface area contributed by atoms with E-state index in [0.29, 0.717) is 16.3 Å². The van der Waals surface area contributed by atoms with Crippen LogP contribution in [0.1, 0.15) is 40.9 Å². The molecule has 1 aliphatic carbocycles. The molecule has 1 saturated carbocycles. The normalized spacial score (nSPS) is 14.6. The summed E-state index contributed by atoms with van der Waals surface area (Å²) in [5.74, 6) is -0.265. The molecule has 6 nitrogen and oxygen atoms in total. The molecule has 0 aromatic carbocycles. The van der Waals surface area contributed by atoms with Crippen molar-refractivity contribution in [3.8, 4) is 11.4 Å². The van der Waals surface area contributed by atoms with Gasteiger partial charge in [-0.25, -0.2) is 9.97 Å². The largest absolute Gasteiger partial charge is 0.416 e. The van der Waals surface area contributed by atoms with Crippen LogP contribution in [-0.2, 0) is 6.18 Å². The minimum atomic E-state index is -4.48. The number of halogens is 3. The Balaban J connectivity index is 1.64. The molecule has 156 valence electrons. The Labute approximate surface area is 174 Å². The molecule has 3 heterocycles. The number of rotatable bonds is 5. The fourth-order valence-corrected chi connectivity index (χ4v) is 4.19. The van der Waals surface area contributed by atoms with Crippen LogP contribution in [-0.4, -0.2) is 26.9 Å². The molecule has 1 fully saturated rings. The standard InChI is InChI=1S/C20H18F3N5OS/c21-20(22,23)12-8-10-25-15(11-12)27-19-28-16(14-7-3-4-9-24-14)17(30-19)18(29)26-13-5-1-2-6-13/h3-4,7-11,13H,1-2,5-6H2,(H,26,29)(H,25,27,28). The van der Waals surface area contributed by atoms with Gasteiger partial charge in [0.2, 0.25) is 0 Å². The number of anilines is 2. The number of amides is 1. The van der Waals surface area contributed by atoms with Gasteiger partial charge in [0, 0.05) is 18.4 Å². The first-order chi connectivity index (χ1) is 14.4. The van der Waals surface area contributed by atoms with E-state index < -0.39 is 11.7 Å². The molecule has 30 heavy (non-hydrogen) atoms. The maximum absolute atomic E-state index is 13.0. The predicted molar refractivity (Wildman–Crippen MR) is 108 cm³/mol. The number of carbonyl (C=O) groups is 1. The number of nitrogens with one attached hydrogen (secondary N) is 2. The lowest BCUT2D eigenvalue weighted by atomic mass is 10.2. The molecule has 1 aliphatic rings. The van der Waals surface area contributed by atoms with Gasteiger partial charge in [-0.1, -0.05) is 30.2 Å². The van der Waals surface area contributed by atoms with Crippen LogP contribution < -0.4 is 10.6 Å². The molecule has 10 heteroatoms. The van der Waals surface area contributed by atoms with E-state index in [0.717, 1.165) is 55.3 Å². The molecule has 0 saturated heterocycles. The second-order valence-electron chi connectivity index (χ2n) is 6.92. The van der Waals surface area contributed by atoms with Crippen LogP contribution in [0.5, 0.6) is 0 Å². The Morgan fingerprint density at radius 2 is 1.90 bits per heavy atom. The first-order valence-corrected chi connectivity index (χ1v) is 10.2. The highest BCUT2D eigenvalue weighted by Crippen LogP contribution is 2.34. The first kappa shape index (κ1) is 20.3. The smallest absolute Gasteiger partial charge is 0.349 e. The van der Waals surface area contributed by atoms with E-state index >= 15 is 0 Å². The molecule has 0 radical (unpaired) electrons. The lowest BCUT2D eigenvalue weighted by molar-refractivity contribution is -0.137. The predicted octanol–water partition coefficient (Wildman–Crippen LogP) is 5.03. The van der Waals surface area contributed by atoms with Gasteiger partial charge in [0.1, 0.15) is 16.4 Å². The number of nitrogens with zero attached hydrogens (tertiary/aromatic N) is 3. The summed E-state index contributed by atoms with van der Waals surface area (Å²) in [6.07, 6.45) is 2.21. The van der Waals surface area contributed by atoms with Gasteiger partial charge in [-0.15, -0.1) is 0 Å². The van der Waals surface area contributed by atoms with Crippen molar-refractivity contribution in [1.29, 1.82) is 0 Å². The maximum Gasteiger partial charge on any atom is 0.416 e. The summed E-state index contributed by atoms with van der Waals surface area (Å²) in [6, 6.07) is 7.18. The number of alkyl halides is 3. The zero-order valence-corrected chi connectivity index (χ0v) is 16.6. The van der Waals surface area contributed by atoms with E-state index in [-0.39, 0.29) is 22.9 Å². The summed E-state index contributed by atoms with van der Waals surface area (Å²) in [7, 11) is 0. The van der Waals surface area contributed by atoms with Crippen molar-refractivity contribution >= 4 is 28.2 Å². The van der Waals surface area contributed by atoms with Crippen LogP contribution in [0.2, 0.25) is 0 Å². The number of thiazole rings is 1. The maximum atomic E-state index is 13.0. The fourth-order valence-electron chi connectivity index (χ4n) is 3.31. The van der Waals surface area contributed by atoms with Gasteiger partial charge < -0.3 is 10.6 Å². The number of carbonyl (C=O) groups excluding carboxylic acids is 1. The van der Waals surface area contributed by atoms with Gasteiger partial charge in [-0.3, -0.25) is 9.78 Å². The fraction of sp³-hybridized carbons (Fsp3) is 0.300. The topological polar surface area (TPSA) is 79.8 Å². The van der Waals surface area contributed by atoms with Crippen LogP contribution in [0.25, 0.3) is 11.4 Å². The zero-order valence-electron chi connectivity index (χ0n) is 15.7. The quantitative estimate of drug-likeness (QED) is 0.590. The summed E-state index contributed by atoms with van der Waals surface area (Å²) in [4.78, 5) is 25.9. The molecule has 0 atom stereocenters. The van der Waals surface area contributed by atoms with Crippen molar-refractivity contribution in [1.82, 2.24) is 20.3 Å². The van der Waals surface area contributed by atoms with Crippen molar-refractivity contribution in [3.63, 3.8) is 0 Å². The minimum Gasteiger partial charge on any atom is -0.349 e. The first-order valence-electron chi connectivity index (χ1n) is 9.43. The molecule has 0 aliphatic heterocycles. The molecule has 0 spiro atoms. The van der Waals surface area contributed by atoms with Gasteiger partial charge in [-0.05, 0) is 37.1 Å². The van der Waals surface area contributed by atoms with Gasteiger partial charge >= 0.3 is 6.18 Å². The van der Waals surface area contributed by atoms with E-state index in [1.54, 1.807) is 24.4 Å². The molecule has 2 N–H and O–H groups in total. The molecule has 3 aromatic rings. The Bertz CT molecular complexity index is 1030. The average molecular weight is 433 g/mol. The summed E-state index contributed by atoms with van der Waals surface area (Å²) in [5, 5.41) is 6.07. The van der Waals surface area contributed by atoms with Crippen LogP contribution in [0.4, 0.5) is 24.1 Å². The van der Waals surface area contributed by atoms with Crippen LogP contribution >= 0.6 is 11.3 Å². The summed E-state index contributed by atoms with van der Waals surface area (Å²) in [5.41, 5.74) is 0.0710. The summed E-state index contributed by atoms with van der Waals surface area (Å²) >= 11 is 1.06. The highest BCUT2D eigenvalue weighted by atomic mass is 32.1. The molecule has 4 rings (SSSR count). The Kier molecular flexibility index (Phi) is 5.67. The number of hydrogen-bond acceptors (Lipinski definition) is 6. The summed E-state index contributed by atoms with van der Waals surface area (Å²) in [6.45, 7) is 0. The number of aromatic nitrogens is 3. The number of hydrogen-bond donors (Lipinski definition) is 2. The van der Waals surface area contributed by atoms with E-state index in [9.17, 15) is 18.0 Å². The van der Waals surface area contributed by atoms with E-state index in [1.807, 2.05) is 0 Å². The van der Waals surface area contributed by atoms with Gasteiger partial charge in [-0.2, -0.15) is 13.2 Å². The van der Waals surface area contributed by atoms with Gasteiger partial charge in [0.15, 0.2) is 5.13 Å². The number of pyridine rings is 2. The van der Waals surface area contributed by atoms with Crippen molar-refractivity contribution in [2.24, 2.45) is 0 Å². The van der Waals surface area contributed by atoms with Crippen molar-refractivity contribution in [3.05, 3.63) is 53.2 Å². The van der Waals surface area contributed by atoms with Crippen molar-refractivity contribution in [2.75, 3.05) is 5.32 Å². The molecular weight excluding hydrogens is 415 g/mol. The van der Waals surface area contributed by atoms with E-state index in [4.69, 9.17) is 0 Å². The average Bonchev–Trinajstić information content (AvgIpc) is 3.38. The van der Waals surface area contributed by atoms with E-state index in [2.05, 4.69) is 25.6 Å². The molecular formula is C20H18F3N5OS. The summed E-state index contributed by atoms with van der Waals surface area (Å²) < 4.78 is 38.9. The monoisotopic (exact) mass is 433 g/mol. The highest BCUT2D eigenvalue weighted by Gasteiger charge is 2.31. The third kappa shape index (κ3) is 4.59. The lowest BCUT2D eigenvalue weighted by Gasteiger charge is -2.11. The van der Waals surface area contributed by atoms with Gasteiger partial charge in [0.25, 0.3) is 5.91 Å². The Morgan fingerprint density at radius 1 is 1.10 bits per heavy atom. The van der Waals surface area contributed by atoms with Crippen LogP contribution in [0, 0.1) is 0 Å². The third-order valence-electron chi connectivity index (χ3n) is 4.75. The Hall–Kier alpha value is -3.01. The van der Waals surface area contributed by atoms with E-state index in [1.165, 1.54) is 0 Å². The molecule has 0 unspecified atom stereocenters. The second kappa shape index (κ2) is 8.39. The second-order valence-corrected chi connectivity index (χ2v) is 7.92. The molecule has 1 amide bonds. The highest BCUT2D eigenvalue weighted by molar-refractivity contribution is 7.18. The molecule has 3 aromatic heterocycles. The van der Waals surface area contributed by atoms with Crippen LogP contribution in [0.3, 0.4) is 0 Å². The van der Waals surface area contributed by atoms with Crippen molar-refractivity contribution < 1.29 is 18.0 Å². The van der Waals surface area contributed by atoms with Gasteiger partial charge in [0.05, 0.1) is 11.3 Å². The van der Waals surface area contributed by atoms with Crippen molar-refractivity contribution in [2.45, 2.75) is 37.9 Å². The SMILES string of the molecule is O=C(NC1CCCC1)c1sc(Nc2cc(C(F)(F)F)ccn2)nc1-c1ccccn1. The van der Waals surface area contributed by atoms with Crippen LogP contribution in [0.15, 0.2) is 42.7 Å². The molecule has 0 bridgehead atoms.